The topological polar surface area (TPSA) is 81.9 Å². The molecule has 0 unspecified atom stereocenters. The number of rotatable bonds is 7. The fourth-order valence-corrected chi connectivity index (χ4v) is 3.82. The molecule has 0 radical (unpaired) electrons. The number of hydrogen-bond acceptors (Lipinski definition) is 5. The quantitative estimate of drug-likeness (QED) is 0.803. The third-order valence-electron chi connectivity index (χ3n) is 4.66. The van der Waals surface area contributed by atoms with Gasteiger partial charge in [-0.2, -0.15) is 0 Å². The van der Waals surface area contributed by atoms with Crippen LogP contribution in [0.1, 0.15) is 24.4 Å². The van der Waals surface area contributed by atoms with Crippen LogP contribution < -0.4 is 14.6 Å². The number of sulfonamides is 1. The van der Waals surface area contributed by atoms with E-state index >= 15 is 0 Å². The van der Waals surface area contributed by atoms with Gasteiger partial charge in [0.2, 0.25) is 10.0 Å². The molecule has 0 saturated carbocycles. The zero-order valence-electron chi connectivity index (χ0n) is 14.8. The van der Waals surface area contributed by atoms with Gasteiger partial charge >= 0.3 is 0 Å². The third kappa shape index (κ3) is 4.55. The summed E-state index contributed by atoms with van der Waals surface area (Å²) in [5.74, 6) is 1.50. The van der Waals surface area contributed by atoms with Crippen LogP contribution >= 0.6 is 0 Å². The lowest BCUT2D eigenvalue weighted by Gasteiger charge is -2.25. The highest BCUT2D eigenvalue weighted by atomic mass is 32.2. The molecule has 0 spiro atoms. The third-order valence-corrected chi connectivity index (χ3v) is 5.59. The number of primary sulfonamides is 1. The smallest absolute Gasteiger partial charge is 0.238 e. The van der Waals surface area contributed by atoms with Crippen LogP contribution in [-0.2, 0) is 10.0 Å². The molecule has 1 heterocycles. The van der Waals surface area contributed by atoms with Gasteiger partial charge in [0.25, 0.3) is 0 Å². The number of methoxy groups -OCH3 is 1. The Morgan fingerprint density at radius 3 is 2.35 bits per heavy atom. The zero-order valence-corrected chi connectivity index (χ0v) is 15.6. The molecule has 0 bridgehead atoms. The molecular weight excluding hydrogens is 352 g/mol. The van der Waals surface area contributed by atoms with Crippen molar-refractivity contribution in [2.75, 3.05) is 26.8 Å². The number of nitrogens with two attached hydrogens (primary N) is 1. The highest BCUT2D eigenvalue weighted by molar-refractivity contribution is 7.89. The van der Waals surface area contributed by atoms with Crippen LogP contribution in [0.4, 0.5) is 0 Å². The van der Waals surface area contributed by atoms with E-state index in [0.717, 1.165) is 25.3 Å². The Balaban J connectivity index is 1.55. The van der Waals surface area contributed by atoms with E-state index in [1.807, 2.05) is 12.1 Å². The molecule has 2 aromatic carbocycles. The summed E-state index contributed by atoms with van der Waals surface area (Å²) in [5, 5.41) is 5.10. The normalized spacial score (nSPS) is 18.0. The van der Waals surface area contributed by atoms with Gasteiger partial charge in [-0.25, -0.2) is 13.6 Å². The molecule has 0 aliphatic carbocycles. The molecule has 1 atom stereocenters. The average Bonchev–Trinajstić information content (AvgIpc) is 3.10. The lowest BCUT2D eigenvalue weighted by atomic mass is 10.0. The minimum Gasteiger partial charge on any atom is -0.497 e. The van der Waals surface area contributed by atoms with E-state index in [1.165, 1.54) is 24.1 Å². The molecule has 0 aromatic heterocycles. The van der Waals surface area contributed by atoms with Crippen molar-refractivity contribution in [1.29, 1.82) is 0 Å². The summed E-state index contributed by atoms with van der Waals surface area (Å²) in [6.07, 6.45) is 2.30. The lowest BCUT2D eigenvalue weighted by molar-refractivity contribution is 0.197. The summed E-state index contributed by atoms with van der Waals surface area (Å²) in [5.41, 5.74) is 1.29. The van der Waals surface area contributed by atoms with Crippen molar-refractivity contribution in [3.05, 3.63) is 54.1 Å². The fraction of sp³-hybridized carbons (Fsp3) is 0.368. The summed E-state index contributed by atoms with van der Waals surface area (Å²) >= 11 is 0. The molecule has 3 rings (SSSR count). The first kappa shape index (κ1) is 18.7. The van der Waals surface area contributed by atoms with E-state index in [9.17, 15) is 8.42 Å². The molecule has 2 aromatic rings. The zero-order chi connectivity index (χ0) is 18.6. The van der Waals surface area contributed by atoms with E-state index < -0.39 is 10.0 Å². The SMILES string of the molecule is COc1ccc([C@H]2CCCN2CCOc2ccc(S(N)(=O)=O)cc2)cc1. The van der Waals surface area contributed by atoms with Gasteiger partial charge in [0.1, 0.15) is 18.1 Å². The van der Waals surface area contributed by atoms with Crippen molar-refractivity contribution in [2.45, 2.75) is 23.8 Å². The fourth-order valence-electron chi connectivity index (χ4n) is 3.30. The van der Waals surface area contributed by atoms with Crippen LogP contribution in [0.2, 0.25) is 0 Å². The van der Waals surface area contributed by atoms with Crippen LogP contribution in [0.3, 0.4) is 0 Å². The first-order chi connectivity index (χ1) is 12.5. The van der Waals surface area contributed by atoms with Crippen LogP contribution in [-0.4, -0.2) is 40.1 Å². The van der Waals surface area contributed by atoms with Gasteiger partial charge in [0.05, 0.1) is 12.0 Å². The van der Waals surface area contributed by atoms with E-state index in [1.54, 1.807) is 19.2 Å². The minimum absolute atomic E-state index is 0.0870. The molecule has 1 aliphatic heterocycles. The lowest BCUT2D eigenvalue weighted by Crippen LogP contribution is -2.28. The van der Waals surface area contributed by atoms with Gasteiger partial charge in [0, 0.05) is 12.6 Å². The van der Waals surface area contributed by atoms with Gasteiger partial charge in [-0.05, 0) is 61.3 Å². The summed E-state index contributed by atoms with van der Waals surface area (Å²) in [7, 11) is -2.00. The maximum Gasteiger partial charge on any atom is 0.238 e. The van der Waals surface area contributed by atoms with Gasteiger partial charge in [-0.15, -0.1) is 0 Å². The number of likely N-dealkylation sites (tertiary alicyclic amines) is 1. The molecule has 2 N–H and O–H groups in total. The van der Waals surface area contributed by atoms with Crippen molar-refractivity contribution in [3.63, 3.8) is 0 Å². The second-order valence-corrected chi connectivity index (χ2v) is 7.89. The number of nitrogens with zero attached hydrogens (tertiary/aromatic N) is 1. The van der Waals surface area contributed by atoms with E-state index in [2.05, 4.69) is 17.0 Å². The number of ether oxygens (including phenoxy) is 2. The first-order valence-electron chi connectivity index (χ1n) is 8.61. The van der Waals surface area contributed by atoms with Crippen molar-refractivity contribution >= 4 is 10.0 Å². The molecule has 0 amide bonds. The van der Waals surface area contributed by atoms with Gasteiger partial charge in [-0.1, -0.05) is 12.1 Å². The molecule has 1 saturated heterocycles. The average molecular weight is 376 g/mol. The Hall–Kier alpha value is -2.09. The summed E-state index contributed by atoms with van der Waals surface area (Å²) in [6.45, 7) is 2.40. The minimum atomic E-state index is -3.67. The molecule has 1 aliphatic rings. The number of benzene rings is 2. The maximum absolute atomic E-state index is 11.3. The Morgan fingerprint density at radius 1 is 1.08 bits per heavy atom. The van der Waals surface area contributed by atoms with Crippen molar-refractivity contribution < 1.29 is 17.9 Å². The van der Waals surface area contributed by atoms with Crippen molar-refractivity contribution in [1.82, 2.24) is 4.90 Å². The molecule has 6 nitrogen and oxygen atoms in total. The highest BCUT2D eigenvalue weighted by Crippen LogP contribution is 2.32. The number of hydrogen-bond donors (Lipinski definition) is 1. The Labute approximate surface area is 154 Å². The van der Waals surface area contributed by atoms with Crippen LogP contribution in [0.15, 0.2) is 53.4 Å². The van der Waals surface area contributed by atoms with Crippen LogP contribution in [0.5, 0.6) is 11.5 Å². The molecular formula is C19H24N2O4S. The van der Waals surface area contributed by atoms with Crippen LogP contribution in [0, 0.1) is 0 Å². The largest absolute Gasteiger partial charge is 0.497 e. The molecule has 26 heavy (non-hydrogen) atoms. The molecule has 140 valence electrons. The molecule has 1 fully saturated rings. The van der Waals surface area contributed by atoms with Gasteiger partial charge in [-0.3, -0.25) is 4.90 Å². The second-order valence-electron chi connectivity index (χ2n) is 6.33. The van der Waals surface area contributed by atoms with Crippen molar-refractivity contribution in [2.24, 2.45) is 5.14 Å². The van der Waals surface area contributed by atoms with Crippen molar-refractivity contribution in [3.8, 4) is 11.5 Å². The predicted molar refractivity (Wildman–Crippen MR) is 99.9 cm³/mol. The van der Waals surface area contributed by atoms with Gasteiger partial charge in [0.15, 0.2) is 0 Å². The summed E-state index contributed by atoms with van der Waals surface area (Å²) < 4.78 is 33.5. The van der Waals surface area contributed by atoms with Crippen LogP contribution in [0.25, 0.3) is 0 Å². The Bertz CT molecular complexity index is 820. The van der Waals surface area contributed by atoms with E-state index in [-0.39, 0.29) is 4.90 Å². The van der Waals surface area contributed by atoms with Gasteiger partial charge < -0.3 is 9.47 Å². The highest BCUT2D eigenvalue weighted by Gasteiger charge is 2.25. The standard InChI is InChI=1S/C19H24N2O4S/c1-24-16-6-4-15(5-7-16)19-3-2-12-21(19)13-14-25-17-8-10-18(11-9-17)26(20,22)23/h4-11,19H,2-3,12-14H2,1H3,(H2,20,22,23)/t19-/m1/s1. The monoisotopic (exact) mass is 376 g/mol. The van der Waals surface area contributed by atoms with E-state index in [4.69, 9.17) is 14.6 Å². The van der Waals surface area contributed by atoms with E-state index in [0.29, 0.717) is 18.4 Å². The Morgan fingerprint density at radius 2 is 1.73 bits per heavy atom. The Kier molecular flexibility index (Phi) is 5.80. The first-order valence-corrected chi connectivity index (χ1v) is 10.2. The predicted octanol–water partition coefficient (Wildman–Crippen LogP) is 2.56. The molecule has 7 heteroatoms. The summed E-state index contributed by atoms with van der Waals surface area (Å²) in [4.78, 5) is 2.50. The second kappa shape index (κ2) is 8.07. The maximum atomic E-state index is 11.3. The summed E-state index contributed by atoms with van der Waals surface area (Å²) in [6, 6.07) is 14.8.